The maximum Gasteiger partial charge on any atom is 0.321 e. The number of carbonyl (C=O) groups is 1. The number of para-hydroxylation sites is 2. The average Bonchev–Trinajstić information content (AvgIpc) is 3.26. The minimum absolute atomic E-state index is 0.139. The van der Waals surface area contributed by atoms with E-state index in [1.165, 1.54) is 0 Å². The van der Waals surface area contributed by atoms with Crippen molar-refractivity contribution >= 4 is 34.2 Å². The summed E-state index contributed by atoms with van der Waals surface area (Å²) in [6.45, 7) is 5.40. The number of hydrogen-bond acceptors (Lipinski definition) is 4. The number of aromatic amines is 1. The van der Waals surface area contributed by atoms with Crippen LogP contribution in [-0.2, 0) is 0 Å². The molecule has 1 aliphatic heterocycles. The summed E-state index contributed by atoms with van der Waals surface area (Å²) in [5.41, 5.74) is 1.81. The summed E-state index contributed by atoms with van der Waals surface area (Å²) in [6.07, 6.45) is 2.60. The Hall–Kier alpha value is -2.77. The van der Waals surface area contributed by atoms with E-state index in [-0.39, 0.29) is 11.9 Å². The number of likely N-dealkylation sites (tertiary alicyclic amines) is 1. The number of piperidine rings is 1. The smallest absolute Gasteiger partial charge is 0.321 e. The number of fused-ring (bicyclic) bond motifs is 1. The van der Waals surface area contributed by atoms with Gasteiger partial charge in [0.25, 0.3) is 0 Å². The molecule has 0 saturated carbocycles. The number of aliphatic hydroxyl groups excluding tert-OH is 1. The standard InChI is InChI=1S/C24H29ClN4O3/c1-24(2,22(30)18-13-17(25)12-15-14-26-28-21(15)18)16-8-10-29(11-9-16)23(31)27-19-6-4-5-7-20(19)32-3/h4-7,12-14,16,22,30H,8-11H2,1-3H3,(H,26,28)(H,27,31). The van der Waals surface area contributed by atoms with Crippen LogP contribution in [0, 0.1) is 11.3 Å². The molecule has 7 nitrogen and oxygen atoms in total. The Balaban J connectivity index is 1.43. The number of hydrogen-bond donors (Lipinski definition) is 3. The van der Waals surface area contributed by atoms with Gasteiger partial charge in [-0.15, -0.1) is 0 Å². The Kier molecular flexibility index (Phi) is 6.31. The number of H-pyrrole nitrogens is 1. The molecule has 2 amide bonds. The van der Waals surface area contributed by atoms with Crippen molar-refractivity contribution < 1.29 is 14.6 Å². The Labute approximate surface area is 192 Å². The molecule has 2 aromatic carbocycles. The molecule has 1 atom stereocenters. The number of rotatable bonds is 5. The zero-order valence-corrected chi connectivity index (χ0v) is 19.3. The fourth-order valence-electron chi connectivity index (χ4n) is 4.66. The van der Waals surface area contributed by atoms with Crippen molar-refractivity contribution in [3.63, 3.8) is 0 Å². The summed E-state index contributed by atoms with van der Waals surface area (Å²) >= 11 is 6.29. The monoisotopic (exact) mass is 456 g/mol. The first-order valence-electron chi connectivity index (χ1n) is 10.8. The van der Waals surface area contributed by atoms with Gasteiger partial charge in [0.05, 0.1) is 30.6 Å². The number of nitrogens with zero attached hydrogens (tertiary/aromatic N) is 2. The molecule has 1 saturated heterocycles. The van der Waals surface area contributed by atoms with Crippen LogP contribution in [-0.4, -0.2) is 46.4 Å². The van der Waals surface area contributed by atoms with Crippen LogP contribution in [0.3, 0.4) is 0 Å². The van der Waals surface area contributed by atoms with Crippen LogP contribution in [0.25, 0.3) is 10.9 Å². The van der Waals surface area contributed by atoms with E-state index in [0.717, 1.165) is 29.3 Å². The molecule has 170 valence electrons. The lowest BCUT2D eigenvalue weighted by atomic mass is 9.68. The number of amides is 2. The van der Waals surface area contributed by atoms with Crippen molar-refractivity contribution in [3.05, 3.63) is 53.2 Å². The lowest BCUT2D eigenvalue weighted by Gasteiger charge is -2.43. The lowest BCUT2D eigenvalue weighted by molar-refractivity contribution is -0.0138. The third-order valence-electron chi connectivity index (χ3n) is 6.73. The molecule has 0 bridgehead atoms. The van der Waals surface area contributed by atoms with Gasteiger partial charge in [-0.1, -0.05) is 37.6 Å². The largest absolute Gasteiger partial charge is 0.495 e. The molecule has 1 aliphatic rings. The molecule has 3 aromatic rings. The Bertz CT molecular complexity index is 1110. The van der Waals surface area contributed by atoms with E-state index in [2.05, 4.69) is 29.4 Å². The molecule has 1 fully saturated rings. The first-order valence-corrected chi connectivity index (χ1v) is 11.2. The molecule has 0 spiro atoms. The number of methoxy groups -OCH3 is 1. The fourth-order valence-corrected chi connectivity index (χ4v) is 4.89. The molecule has 0 aliphatic carbocycles. The summed E-state index contributed by atoms with van der Waals surface area (Å²) in [7, 11) is 1.58. The predicted molar refractivity (Wildman–Crippen MR) is 126 cm³/mol. The lowest BCUT2D eigenvalue weighted by Crippen LogP contribution is -2.45. The summed E-state index contributed by atoms with van der Waals surface area (Å²) < 4.78 is 5.32. The van der Waals surface area contributed by atoms with Crippen LogP contribution in [0.2, 0.25) is 5.02 Å². The van der Waals surface area contributed by atoms with Crippen molar-refractivity contribution in [2.75, 3.05) is 25.5 Å². The van der Waals surface area contributed by atoms with Crippen molar-refractivity contribution in [1.82, 2.24) is 15.1 Å². The first-order chi connectivity index (χ1) is 15.3. The van der Waals surface area contributed by atoms with Gasteiger partial charge in [0, 0.05) is 29.1 Å². The minimum atomic E-state index is -0.719. The van der Waals surface area contributed by atoms with E-state index in [9.17, 15) is 9.90 Å². The van der Waals surface area contributed by atoms with Crippen LogP contribution >= 0.6 is 11.6 Å². The number of halogens is 1. The van der Waals surface area contributed by atoms with Crippen LogP contribution in [0.1, 0.15) is 38.4 Å². The second kappa shape index (κ2) is 9.00. The van der Waals surface area contributed by atoms with Gasteiger partial charge in [-0.25, -0.2) is 4.79 Å². The maximum atomic E-state index is 12.8. The number of anilines is 1. The highest BCUT2D eigenvalue weighted by molar-refractivity contribution is 6.31. The van der Waals surface area contributed by atoms with Crippen molar-refractivity contribution in [1.29, 1.82) is 0 Å². The Morgan fingerprint density at radius 2 is 2.03 bits per heavy atom. The molecular weight excluding hydrogens is 428 g/mol. The second-order valence-corrected chi connectivity index (χ2v) is 9.38. The normalized spacial score (nSPS) is 16.2. The molecule has 3 N–H and O–H groups in total. The number of ether oxygens (including phenoxy) is 1. The van der Waals surface area contributed by atoms with E-state index in [1.807, 2.05) is 41.3 Å². The summed E-state index contributed by atoms with van der Waals surface area (Å²) in [5, 5.41) is 22.8. The summed E-state index contributed by atoms with van der Waals surface area (Å²) in [4.78, 5) is 14.6. The van der Waals surface area contributed by atoms with Gasteiger partial charge in [0.2, 0.25) is 0 Å². The molecular formula is C24H29ClN4O3. The maximum absolute atomic E-state index is 12.8. The van der Waals surface area contributed by atoms with Gasteiger partial charge >= 0.3 is 6.03 Å². The van der Waals surface area contributed by atoms with Gasteiger partial charge in [-0.2, -0.15) is 5.10 Å². The molecule has 8 heteroatoms. The molecule has 0 radical (unpaired) electrons. The van der Waals surface area contributed by atoms with Crippen LogP contribution in [0.4, 0.5) is 10.5 Å². The molecule has 32 heavy (non-hydrogen) atoms. The van der Waals surface area contributed by atoms with E-state index in [4.69, 9.17) is 16.3 Å². The van der Waals surface area contributed by atoms with E-state index >= 15 is 0 Å². The number of aromatic nitrogens is 2. The predicted octanol–water partition coefficient (Wildman–Crippen LogP) is 5.23. The fraction of sp³-hybridized carbons (Fsp3) is 0.417. The highest BCUT2D eigenvalue weighted by Crippen LogP contribution is 2.46. The topological polar surface area (TPSA) is 90.5 Å². The van der Waals surface area contributed by atoms with Crippen LogP contribution in [0.15, 0.2) is 42.6 Å². The molecule has 1 aromatic heterocycles. The number of urea groups is 1. The Morgan fingerprint density at radius 3 is 2.75 bits per heavy atom. The third-order valence-corrected chi connectivity index (χ3v) is 6.94. The van der Waals surface area contributed by atoms with Gasteiger partial charge in [0.15, 0.2) is 0 Å². The Morgan fingerprint density at radius 1 is 1.31 bits per heavy atom. The van der Waals surface area contributed by atoms with Crippen molar-refractivity contribution in [2.45, 2.75) is 32.8 Å². The zero-order chi connectivity index (χ0) is 22.9. The molecule has 4 rings (SSSR count). The first kappa shape index (κ1) is 22.4. The zero-order valence-electron chi connectivity index (χ0n) is 18.6. The van der Waals surface area contributed by atoms with Crippen molar-refractivity contribution in [3.8, 4) is 5.75 Å². The highest BCUT2D eigenvalue weighted by atomic mass is 35.5. The number of carbonyl (C=O) groups excluding carboxylic acids is 1. The quantitative estimate of drug-likeness (QED) is 0.490. The SMILES string of the molecule is COc1ccccc1NC(=O)N1CCC(C(C)(C)C(O)c2cc(Cl)cc3cn[nH]c23)CC1. The third kappa shape index (κ3) is 4.27. The second-order valence-electron chi connectivity index (χ2n) is 8.94. The number of benzene rings is 2. The van der Waals surface area contributed by atoms with E-state index in [0.29, 0.717) is 29.5 Å². The van der Waals surface area contributed by atoms with Gasteiger partial charge in [-0.3, -0.25) is 5.10 Å². The molecule has 1 unspecified atom stereocenters. The van der Waals surface area contributed by atoms with Gasteiger partial charge in [0.1, 0.15) is 5.75 Å². The van der Waals surface area contributed by atoms with Crippen molar-refractivity contribution in [2.24, 2.45) is 11.3 Å². The highest BCUT2D eigenvalue weighted by Gasteiger charge is 2.40. The van der Waals surface area contributed by atoms with Gasteiger partial charge < -0.3 is 20.1 Å². The average molecular weight is 457 g/mol. The summed E-state index contributed by atoms with van der Waals surface area (Å²) in [5.74, 6) is 0.872. The molecule has 2 heterocycles. The van der Waals surface area contributed by atoms with E-state index < -0.39 is 11.5 Å². The van der Waals surface area contributed by atoms with E-state index in [1.54, 1.807) is 13.3 Å². The number of aliphatic hydroxyl groups is 1. The van der Waals surface area contributed by atoms with Gasteiger partial charge in [-0.05, 0) is 48.4 Å². The number of nitrogens with one attached hydrogen (secondary N) is 2. The van der Waals surface area contributed by atoms with Crippen LogP contribution < -0.4 is 10.1 Å². The summed E-state index contributed by atoms with van der Waals surface area (Å²) in [6, 6.07) is 10.9. The van der Waals surface area contributed by atoms with Crippen LogP contribution in [0.5, 0.6) is 5.75 Å². The minimum Gasteiger partial charge on any atom is -0.495 e.